The van der Waals surface area contributed by atoms with E-state index in [0.29, 0.717) is 0 Å². The molecule has 4 nitrogen and oxygen atoms in total. The molecule has 22 heavy (non-hydrogen) atoms. The molecule has 1 unspecified atom stereocenters. The molecule has 0 aliphatic carbocycles. The van der Waals surface area contributed by atoms with Crippen molar-refractivity contribution in [3.05, 3.63) is 53.1 Å². The molecule has 1 atom stereocenters. The van der Waals surface area contributed by atoms with Crippen LogP contribution in [-0.2, 0) is 26.0 Å². The molecule has 4 heteroatoms. The van der Waals surface area contributed by atoms with Crippen LogP contribution in [0.1, 0.15) is 48.5 Å². The summed E-state index contributed by atoms with van der Waals surface area (Å²) in [6, 6.07) is 8.40. The van der Waals surface area contributed by atoms with Gasteiger partial charge >= 0.3 is 0 Å². The fraction of sp³-hybridized carbons (Fsp3) is 0.500. The maximum atomic E-state index is 9.22. The van der Waals surface area contributed by atoms with Crippen molar-refractivity contribution in [1.29, 1.82) is 0 Å². The average molecular weight is 299 g/mol. The highest BCUT2D eigenvalue weighted by Gasteiger charge is 2.12. The molecule has 0 bridgehead atoms. The number of imidazole rings is 1. The first kappa shape index (κ1) is 15.3. The molecular formula is C18H25N3O. The van der Waals surface area contributed by atoms with Gasteiger partial charge in [0.05, 0.1) is 12.3 Å². The van der Waals surface area contributed by atoms with Gasteiger partial charge < -0.3 is 15.0 Å². The van der Waals surface area contributed by atoms with E-state index in [0.717, 1.165) is 31.5 Å². The monoisotopic (exact) mass is 299 g/mol. The Morgan fingerprint density at radius 3 is 3.09 bits per heavy atom. The van der Waals surface area contributed by atoms with Gasteiger partial charge in [-0.15, -0.1) is 0 Å². The minimum Gasteiger partial charge on any atom is -0.392 e. The van der Waals surface area contributed by atoms with Crippen molar-refractivity contribution < 1.29 is 5.11 Å². The SMILES string of the molecule is CC(NCCc1cn2c(n1)CCCC2)c1cccc(CO)c1. The Hall–Kier alpha value is -1.65. The Kier molecular flexibility index (Phi) is 4.90. The Bertz CT molecular complexity index is 597. The Morgan fingerprint density at radius 2 is 2.27 bits per heavy atom. The molecule has 0 radical (unpaired) electrons. The van der Waals surface area contributed by atoms with E-state index < -0.39 is 0 Å². The summed E-state index contributed by atoms with van der Waals surface area (Å²) in [6.45, 7) is 4.30. The predicted molar refractivity (Wildman–Crippen MR) is 87.7 cm³/mol. The summed E-state index contributed by atoms with van der Waals surface area (Å²) in [5, 5.41) is 12.8. The van der Waals surface area contributed by atoms with E-state index in [2.05, 4.69) is 35.1 Å². The largest absolute Gasteiger partial charge is 0.392 e. The third-order valence-corrected chi connectivity index (χ3v) is 4.42. The number of rotatable bonds is 6. The van der Waals surface area contributed by atoms with Crippen LogP contribution in [0.2, 0.25) is 0 Å². The van der Waals surface area contributed by atoms with Crippen molar-refractivity contribution in [2.45, 2.75) is 51.8 Å². The highest BCUT2D eigenvalue weighted by molar-refractivity contribution is 5.25. The number of nitrogens with zero attached hydrogens (tertiary/aromatic N) is 2. The van der Waals surface area contributed by atoms with E-state index in [4.69, 9.17) is 4.98 Å². The molecule has 2 aromatic rings. The van der Waals surface area contributed by atoms with Crippen LogP contribution in [0.15, 0.2) is 30.5 Å². The number of benzene rings is 1. The lowest BCUT2D eigenvalue weighted by molar-refractivity contribution is 0.281. The molecule has 0 fully saturated rings. The highest BCUT2D eigenvalue weighted by Crippen LogP contribution is 2.16. The molecule has 118 valence electrons. The van der Waals surface area contributed by atoms with Crippen LogP contribution in [0, 0.1) is 0 Å². The molecule has 0 saturated carbocycles. The average Bonchev–Trinajstić information content (AvgIpc) is 2.97. The van der Waals surface area contributed by atoms with Crippen LogP contribution in [0.25, 0.3) is 0 Å². The zero-order valence-electron chi connectivity index (χ0n) is 13.3. The van der Waals surface area contributed by atoms with Crippen molar-refractivity contribution in [3.63, 3.8) is 0 Å². The number of hydrogen-bond acceptors (Lipinski definition) is 3. The number of fused-ring (bicyclic) bond motifs is 1. The molecular weight excluding hydrogens is 274 g/mol. The molecule has 0 saturated heterocycles. The van der Waals surface area contributed by atoms with Gasteiger partial charge in [-0.3, -0.25) is 0 Å². The third kappa shape index (κ3) is 3.57. The summed E-state index contributed by atoms with van der Waals surface area (Å²) in [6.07, 6.45) is 6.85. The van der Waals surface area contributed by atoms with Crippen LogP contribution >= 0.6 is 0 Å². The van der Waals surface area contributed by atoms with E-state index in [1.165, 1.54) is 29.9 Å². The molecule has 1 aromatic carbocycles. The van der Waals surface area contributed by atoms with Gasteiger partial charge in [-0.1, -0.05) is 24.3 Å². The van der Waals surface area contributed by atoms with Crippen molar-refractivity contribution in [3.8, 4) is 0 Å². The van der Waals surface area contributed by atoms with Crippen LogP contribution in [0.3, 0.4) is 0 Å². The van der Waals surface area contributed by atoms with Crippen LogP contribution in [0.4, 0.5) is 0 Å². The van der Waals surface area contributed by atoms with Crippen molar-refractivity contribution >= 4 is 0 Å². The lowest BCUT2D eigenvalue weighted by atomic mass is 10.1. The predicted octanol–water partition coefficient (Wildman–Crippen LogP) is 2.61. The van der Waals surface area contributed by atoms with E-state index in [-0.39, 0.29) is 12.6 Å². The van der Waals surface area contributed by atoms with E-state index >= 15 is 0 Å². The molecule has 3 rings (SSSR count). The van der Waals surface area contributed by atoms with Gasteiger partial charge in [0, 0.05) is 38.2 Å². The number of hydrogen-bond donors (Lipinski definition) is 2. The fourth-order valence-electron chi connectivity index (χ4n) is 3.09. The molecule has 1 aromatic heterocycles. The van der Waals surface area contributed by atoms with Crippen LogP contribution < -0.4 is 5.32 Å². The second kappa shape index (κ2) is 7.07. The van der Waals surface area contributed by atoms with Crippen molar-refractivity contribution in [2.75, 3.05) is 6.54 Å². The lowest BCUT2D eigenvalue weighted by Crippen LogP contribution is -2.21. The number of aromatic nitrogens is 2. The lowest BCUT2D eigenvalue weighted by Gasteiger charge is -2.14. The summed E-state index contributed by atoms with van der Waals surface area (Å²) in [5.41, 5.74) is 3.38. The molecule has 0 spiro atoms. The summed E-state index contributed by atoms with van der Waals surface area (Å²) >= 11 is 0. The highest BCUT2D eigenvalue weighted by atomic mass is 16.3. The van der Waals surface area contributed by atoms with Gasteiger partial charge in [0.2, 0.25) is 0 Å². The Labute approximate surface area is 132 Å². The normalized spacial score (nSPS) is 15.5. The van der Waals surface area contributed by atoms with E-state index in [1.807, 2.05) is 12.1 Å². The molecule has 1 aliphatic heterocycles. The van der Waals surface area contributed by atoms with Crippen LogP contribution in [-0.4, -0.2) is 21.2 Å². The second-order valence-electron chi connectivity index (χ2n) is 6.13. The molecule has 1 aliphatic rings. The van der Waals surface area contributed by atoms with E-state index in [9.17, 15) is 5.11 Å². The first-order valence-electron chi connectivity index (χ1n) is 8.24. The Morgan fingerprint density at radius 1 is 1.36 bits per heavy atom. The van der Waals surface area contributed by atoms with Gasteiger partial charge in [-0.25, -0.2) is 4.98 Å². The maximum Gasteiger partial charge on any atom is 0.108 e. The summed E-state index contributed by atoms with van der Waals surface area (Å²) in [5.74, 6) is 1.25. The topological polar surface area (TPSA) is 50.1 Å². The molecule has 2 heterocycles. The minimum atomic E-state index is 0.0980. The van der Waals surface area contributed by atoms with Crippen LogP contribution in [0.5, 0.6) is 0 Å². The number of aliphatic hydroxyl groups excluding tert-OH is 1. The quantitative estimate of drug-likeness (QED) is 0.862. The number of aryl methyl sites for hydroxylation is 2. The van der Waals surface area contributed by atoms with Crippen molar-refractivity contribution in [1.82, 2.24) is 14.9 Å². The zero-order valence-corrected chi connectivity index (χ0v) is 13.3. The molecule has 2 N–H and O–H groups in total. The van der Waals surface area contributed by atoms with Gasteiger partial charge in [-0.2, -0.15) is 0 Å². The first-order valence-corrected chi connectivity index (χ1v) is 8.24. The summed E-state index contributed by atoms with van der Waals surface area (Å²) < 4.78 is 2.31. The zero-order chi connectivity index (χ0) is 15.4. The number of aliphatic hydroxyl groups is 1. The maximum absolute atomic E-state index is 9.22. The second-order valence-corrected chi connectivity index (χ2v) is 6.13. The van der Waals surface area contributed by atoms with Gasteiger partial charge in [0.15, 0.2) is 0 Å². The molecule has 0 amide bonds. The summed E-state index contributed by atoms with van der Waals surface area (Å²) in [7, 11) is 0. The minimum absolute atomic E-state index is 0.0980. The summed E-state index contributed by atoms with van der Waals surface area (Å²) in [4.78, 5) is 4.74. The smallest absolute Gasteiger partial charge is 0.108 e. The first-order chi connectivity index (χ1) is 10.8. The standard InChI is InChI=1S/C18H25N3O/c1-14(16-6-4-5-15(11-16)13-22)19-9-8-17-12-21-10-3-2-7-18(21)20-17/h4-6,11-12,14,19,22H,2-3,7-10,13H2,1H3. The van der Waals surface area contributed by atoms with Gasteiger partial charge in [0.1, 0.15) is 5.82 Å². The van der Waals surface area contributed by atoms with Gasteiger partial charge in [0.25, 0.3) is 0 Å². The van der Waals surface area contributed by atoms with E-state index in [1.54, 1.807) is 0 Å². The third-order valence-electron chi connectivity index (χ3n) is 4.42. The number of nitrogens with one attached hydrogen (secondary N) is 1. The Balaban J connectivity index is 1.52. The van der Waals surface area contributed by atoms with Gasteiger partial charge in [-0.05, 0) is 30.9 Å². The van der Waals surface area contributed by atoms with Crippen molar-refractivity contribution in [2.24, 2.45) is 0 Å². The fourth-order valence-corrected chi connectivity index (χ4v) is 3.09.